The van der Waals surface area contributed by atoms with Gasteiger partial charge in [0.1, 0.15) is 25.1 Å². The number of ether oxygens (including phenoxy) is 1. The first-order chi connectivity index (χ1) is 17.7. The molecule has 0 spiro atoms. The van der Waals surface area contributed by atoms with Gasteiger partial charge in [-0.2, -0.15) is 4.98 Å². The van der Waals surface area contributed by atoms with Crippen LogP contribution in [-0.4, -0.2) is 71.1 Å². The first kappa shape index (κ1) is 28.3. The third-order valence-corrected chi connectivity index (χ3v) is 5.85. The molecule has 3 N–H and O–H groups in total. The SMILES string of the molecule is CCCc1cc(CN(C)C)cc(-c2nc(-c3cc(C)c(OC[C@@H](O)CNC(=O)CO)c(CC)c3)no2)c1. The van der Waals surface area contributed by atoms with Crippen molar-refractivity contribution in [3.8, 4) is 28.6 Å². The quantitative estimate of drug-likeness (QED) is 0.321. The number of benzene rings is 2. The van der Waals surface area contributed by atoms with E-state index in [0.717, 1.165) is 41.6 Å². The number of amides is 1. The molecule has 0 saturated heterocycles. The van der Waals surface area contributed by atoms with Crippen LogP contribution in [0.4, 0.5) is 0 Å². The van der Waals surface area contributed by atoms with Gasteiger partial charge < -0.3 is 29.7 Å². The lowest BCUT2D eigenvalue weighted by atomic mass is 10.0. The number of carbonyl (C=O) groups is 1. The molecule has 1 atom stereocenters. The second-order valence-electron chi connectivity index (χ2n) is 9.51. The van der Waals surface area contributed by atoms with Crippen LogP contribution in [0.5, 0.6) is 5.75 Å². The molecule has 0 unspecified atom stereocenters. The van der Waals surface area contributed by atoms with Crippen LogP contribution in [0.25, 0.3) is 22.8 Å². The molecule has 3 aromatic rings. The summed E-state index contributed by atoms with van der Waals surface area (Å²) in [6.07, 6.45) is 1.85. The van der Waals surface area contributed by atoms with E-state index in [0.29, 0.717) is 23.9 Å². The third-order valence-electron chi connectivity index (χ3n) is 5.85. The molecule has 0 aliphatic carbocycles. The smallest absolute Gasteiger partial charge is 0.258 e. The van der Waals surface area contributed by atoms with E-state index in [1.54, 1.807) is 0 Å². The minimum absolute atomic E-state index is 0.000662. The Morgan fingerprint density at radius 2 is 1.89 bits per heavy atom. The second kappa shape index (κ2) is 13.3. The van der Waals surface area contributed by atoms with Crippen LogP contribution in [0.3, 0.4) is 0 Å². The van der Waals surface area contributed by atoms with Gasteiger partial charge in [0.2, 0.25) is 11.7 Å². The summed E-state index contributed by atoms with van der Waals surface area (Å²) < 4.78 is 11.6. The molecule has 0 radical (unpaired) electrons. The predicted octanol–water partition coefficient (Wildman–Crippen LogP) is 3.14. The lowest BCUT2D eigenvalue weighted by Crippen LogP contribution is -2.36. The van der Waals surface area contributed by atoms with E-state index in [9.17, 15) is 9.90 Å². The average molecular weight is 511 g/mol. The first-order valence-electron chi connectivity index (χ1n) is 12.7. The number of aryl methyl sites for hydroxylation is 3. The molecule has 0 aliphatic heterocycles. The van der Waals surface area contributed by atoms with Gasteiger partial charge in [-0.1, -0.05) is 31.5 Å². The van der Waals surface area contributed by atoms with Crippen LogP contribution >= 0.6 is 0 Å². The molecule has 9 heteroatoms. The first-order valence-corrected chi connectivity index (χ1v) is 12.7. The molecule has 1 aromatic heterocycles. The van der Waals surface area contributed by atoms with E-state index in [4.69, 9.17) is 19.4 Å². The van der Waals surface area contributed by atoms with Gasteiger partial charge in [-0.05, 0) is 80.4 Å². The number of hydrogen-bond donors (Lipinski definition) is 3. The number of aromatic nitrogens is 2. The fourth-order valence-corrected chi connectivity index (χ4v) is 4.20. The number of nitrogens with one attached hydrogen (secondary N) is 1. The van der Waals surface area contributed by atoms with Gasteiger partial charge in [0.05, 0.1) is 0 Å². The third kappa shape index (κ3) is 7.85. The Bertz CT molecular complexity index is 1190. The molecule has 1 amide bonds. The maximum atomic E-state index is 11.2. The van der Waals surface area contributed by atoms with Gasteiger partial charge >= 0.3 is 0 Å². The zero-order valence-electron chi connectivity index (χ0n) is 22.4. The molecular weight excluding hydrogens is 472 g/mol. The fourth-order valence-electron chi connectivity index (χ4n) is 4.20. The highest BCUT2D eigenvalue weighted by atomic mass is 16.5. The minimum atomic E-state index is -0.903. The molecule has 200 valence electrons. The van der Waals surface area contributed by atoms with Crippen molar-refractivity contribution in [1.82, 2.24) is 20.4 Å². The van der Waals surface area contributed by atoms with E-state index >= 15 is 0 Å². The van der Waals surface area contributed by atoms with Gasteiger partial charge in [-0.3, -0.25) is 4.79 Å². The zero-order valence-corrected chi connectivity index (χ0v) is 22.4. The van der Waals surface area contributed by atoms with Crippen molar-refractivity contribution in [2.75, 3.05) is 33.9 Å². The van der Waals surface area contributed by atoms with E-state index in [-0.39, 0.29) is 13.2 Å². The molecular formula is C28H38N4O5. The summed E-state index contributed by atoms with van der Waals surface area (Å²) in [6.45, 7) is 6.34. The molecule has 0 aliphatic rings. The van der Waals surface area contributed by atoms with Crippen molar-refractivity contribution in [3.63, 3.8) is 0 Å². The maximum absolute atomic E-state index is 11.2. The lowest BCUT2D eigenvalue weighted by molar-refractivity contribution is -0.124. The highest BCUT2D eigenvalue weighted by molar-refractivity contribution is 5.76. The van der Waals surface area contributed by atoms with E-state index in [2.05, 4.69) is 40.5 Å². The average Bonchev–Trinajstić information content (AvgIpc) is 3.36. The van der Waals surface area contributed by atoms with Crippen molar-refractivity contribution in [3.05, 3.63) is 52.6 Å². The predicted molar refractivity (Wildman–Crippen MR) is 142 cm³/mol. The Morgan fingerprint density at radius 1 is 1.14 bits per heavy atom. The van der Waals surface area contributed by atoms with Crippen LogP contribution in [0.15, 0.2) is 34.9 Å². The highest BCUT2D eigenvalue weighted by Crippen LogP contribution is 2.32. The maximum Gasteiger partial charge on any atom is 0.258 e. The summed E-state index contributed by atoms with van der Waals surface area (Å²) in [6, 6.07) is 10.4. The Morgan fingerprint density at radius 3 is 2.57 bits per heavy atom. The summed E-state index contributed by atoms with van der Waals surface area (Å²) in [5.74, 6) is 1.13. The highest BCUT2D eigenvalue weighted by Gasteiger charge is 2.17. The number of aliphatic hydroxyl groups is 2. The fraction of sp³-hybridized carbons (Fsp3) is 0.464. The Hall–Kier alpha value is -3.27. The number of rotatable bonds is 13. The molecule has 3 rings (SSSR count). The Kier molecular flexibility index (Phi) is 10.2. The van der Waals surface area contributed by atoms with Crippen LogP contribution in [0.2, 0.25) is 0 Å². The van der Waals surface area contributed by atoms with Crippen molar-refractivity contribution in [2.24, 2.45) is 0 Å². The van der Waals surface area contributed by atoms with Crippen molar-refractivity contribution >= 4 is 5.91 Å². The van der Waals surface area contributed by atoms with Crippen molar-refractivity contribution in [1.29, 1.82) is 0 Å². The normalized spacial score (nSPS) is 12.1. The molecule has 9 nitrogen and oxygen atoms in total. The largest absolute Gasteiger partial charge is 0.490 e. The van der Waals surface area contributed by atoms with Crippen molar-refractivity contribution in [2.45, 2.75) is 52.7 Å². The summed E-state index contributed by atoms with van der Waals surface area (Å²) in [5.41, 5.74) is 6.02. The Labute approximate surface area is 218 Å². The molecule has 0 fully saturated rings. The summed E-state index contributed by atoms with van der Waals surface area (Å²) in [5, 5.41) is 25.6. The topological polar surface area (TPSA) is 121 Å². The number of aliphatic hydroxyl groups excluding tert-OH is 2. The lowest BCUT2D eigenvalue weighted by Gasteiger charge is -2.17. The zero-order chi connectivity index (χ0) is 26.9. The molecule has 1 heterocycles. The second-order valence-corrected chi connectivity index (χ2v) is 9.51. The van der Waals surface area contributed by atoms with Crippen LogP contribution in [-0.2, 0) is 24.2 Å². The van der Waals surface area contributed by atoms with Crippen LogP contribution < -0.4 is 10.1 Å². The molecule has 2 aromatic carbocycles. The Balaban J connectivity index is 1.82. The monoisotopic (exact) mass is 510 g/mol. The summed E-state index contributed by atoms with van der Waals surface area (Å²) >= 11 is 0. The van der Waals surface area contributed by atoms with E-state index in [1.807, 2.05) is 40.1 Å². The van der Waals surface area contributed by atoms with E-state index in [1.165, 1.54) is 11.1 Å². The summed E-state index contributed by atoms with van der Waals surface area (Å²) in [4.78, 5) is 18.0. The molecule has 0 saturated carbocycles. The van der Waals surface area contributed by atoms with Gasteiger partial charge in [-0.15, -0.1) is 0 Å². The van der Waals surface area contributed by atoms with Crippen molar-refractivity contribution < 1.29 is 24.3 Å². The van der Waals surface area contributed by atoms with E-state index < -0.39 is 18.6 Å². The minimum Gasteiger partial charge on any atom is -0.490 e. The van der Waals surface area contributed by atoms with Crippen LogP contribution in [0.1, 0.15) is 42.5 Å². The van der Waals surface area contributed by atoms with Gasteiger partial charge in [0.25, 0.3) is 5.89 Å². The van der Waals surface area contributed by atoms with Gasteiger partial charge in [0.15, 0.2) is 0 Å². The number of nitrogens with zero attached hydrogens (tertiary/aromatic N) is 3. The molecule has 37 heavy (non-hydrogen) atoms. The standard InChI is InChI=1S/C28H38N4O5/c1-6-8-19-10-20(15-32(4)5)12-23(11-19)28-30-27(31-37-28)22-9-18(3)26(21(7-2)13-22)36-17-24(34)14-29-25(35)16-33/h9-13,24,33-34H,6-8,14-17H2,1-5H3,(H,29,35)/t24-/m0/s1. The molecule has 0 bridgehead atoms. The van der Waals surface area contributed by atoms with Gasteiger partial charge in [-0.25, -0.2) is 0 Å². The van der Waals surface area contributed by atoms with Gasteiger partial charge in [0, 0.05) is 24.2 Å². The van der Waals surface area contributed by atoms with Crippen LogP contribution in [0, 0.1) is 6.92 Å². The number of hydrogen-bond acceptors (Lipinski definition) is 8. The summed E-state index contributed by atoms with van der Waals surface area (Å²) in [7, 11) is 4.10. The number of carbonyl (C=O) groups excluding carboxylic acids is 1.